The van der Waals surface area contributed by atoms with Crippen molar-refractivity contribution in [3.8, 4) is 16.9 Å². The van der Waals surface area contributed by atoms with Gasteiger partial charge in [-0.25, -0.2) is 4.98 Å². The molecule has 1 amide bonds. The number of H-pyrrole nitrogens is 1. The number of carbonyl (C=O) groups excluding carboxylic acids is 1. The Hall–Kier alpha value is -3.54. The summed E-state index contributed by atoms with van der Waals surface area (Å²) in [6.45, 7) is 0. The number of nitrogens with one attached hydrogen (secondary N) is 2. The highest BCUT2D eigenvalue weighted by Crippen LogP contribution is 2.28. The number of anilines is 1. The number of hydrogen-bond acceptors (Lipinski definition) is 4. The van der Waals surface area contributed by atoms with E-state index < -0.39 is 0 Å². The van der Waals surface area contributed by atoms with E-state index >= 15 is 0 Å². The summed E-state index contributed by atoms with van der Waals surface area (Å²) < 4.78 is 4.93. The van der Waals surface area contributed by atoms with Crippen LogP contribution in [0.4, 0.5) is 5.69 Å². The molecule has 4 rings (SSSR count). The number of furan rings is 1. The number of aromatic amines is 1. The Morgan fingerprint density at radius 3 is 2.75 bits per heavy atom. The van der Waals surface area contributed by atoms with Crippen LogP contribution in [0.25, 0.3) is 22.2 Å². The number of phenols is 1. The molecule has 3 aromatic heterocycles. The molecule has 0 atom stereocenters. The average molecular weight is 319 g/mol. The van der Waals surface area contributed by atoms with Crippen LogP contribution in [0.2, 0.25) is 0 Å². The van der Waals surface area contributed by atoms with Crippen LogP contribution >= 0.6 is 0 Å². The molecule has 4 aromatic rings. The second-order valence-corrected chi connectivity index (χ2v) is 5.34. The molecule has 0 aliphatic rings. The number of aromatic nitrogens is 2. The second-order valence-electron chi connectivity index (χ2n) is 5.34. The van der Waals surface area contributed by atoms with Gasteiger partial charge in [0.15, 0.2) is 0 Å². The van der Waals surface area contributed by atoms with Crippen molar-refractivity contribution >= 4 is 22.6 Å². The van der Waals surface area contributed by atoms with Crippen LogP contribution in [0.3, 0.4) is 0 Å². The molecule has 0 unspecified atom stereocenters. The lowest BCUT2D eigenvalue weighted by Crippen LogP contribution is -2.10. The normalized spacial score (nSPS) is 10.8. The van der Waals surface area contributed by atoms with E-state index in [1.165, 1.54) is 12.5 Å². The van der Waals surface area contributed by atoms with E-state index in [4.69, 9.17) is 4.42 Å². The molecule has 6 heteroatoms. The number of amides is 1. The summed E-state index contributed by atoms with van der Waals surface area (Å²) in [6, 6.07) is 10.4. The fourth-order valence-corrected chi connectivity index (χ4v) is 2.51. The van der Waals surface area contributed by atoms with Crippen LogP contribution in [0.5, 0.6) is 5.75 Å². The number of aromatic hydroxyl groups is 1. The fourth-order valence-electron chi connectivity index (χ4n) is 2.51. The number of hydrogen-bond donors (Lipinski definition) is 3. The number of phenolic OH excluding ortho intramolecular Hbond substituents is 1. The van der Waals surface area contributed by atoms with Crippen molar-refractivity contribution in [3.63, 3.8) is 0 Å². The van der Waals surface area contributed by atoms with Crippen molar-refractivity contribution in [3.05, 3.63) is 66.9 Å². The summed E-state index contributed by atoms with van der Waals surface area (Å²) in [4.78, 5) is 19.6. The largest absolute Gasteiger partial charge is 0.508 e. The van der Waals surface area contributed by atoms with Gasteiger partial charge < -0.3 is 19.8 Å². The molecular formula is C18H13N3O3. The van der Waals surface area contributed by atoms with Crippen molar-refractivity contribution < 1.29 is 14.3 Å². The van der Waals surface area contributed by atoms with Gasteiger partial charge >= 0.3 is 0 Å². The quantitative estimate of drug-likeness (QED) is 0.536. The highest BCUT2D eigenvalue weighted by molar-refractivity contribution is 6.08. The predicted molar refractivity (Wildman–Crippen MR) is 89.9 cm³/mol. The van der Waals surface area contributed by atoms with Gasteiger partial charge in [-0.15, -0.1) is 0 Å². The minimum absolute atomic E-state index is 0.211. The fraction of sp³-hybridized carbons (Fsp3) is 0. The number of carbonyl (C=O) groups is 1. The first-order valence-corrected chi connectivity index (χ1v) is 7.31. The molecule has 0 saturated carbocycles. The summed E-state index contributed by atoms with van der Waals surface area (Å²) in [5.74, 6) is -0.0396. The van der Waals surface area contributed by atoms with Crippen molar-refractivity contribution in [1.82, 2.24) is 9.97 Å². The first-order chi connectivity index (χ1) is 11.7. The molecule has 6 nitrogen and oxygen atoms in total. The predicted octanol–water partition coefficient (Wildman–Crippen LogP) is 3.78. The maximum atomic E-state index is 12.2. The van der Waals surface area contributed by atoms with Crippen LogP contribution in [0.15, 0.2) is 65.7 Å². The molecule has 24 heavy (non-hydrogen) atoms. The lowest BCUT2D eigenvalue weighted by Gasteiger charge is -2.04. The summed E-state index contributed by atoms with van der Waals surface area (Å²) in [6.07, 6.45) is 6.29. The highest BCUT2D eigenvalue weighted by atomic mass is 16.3. The highest BCUT2D eigenvalue weighted by Gasteiger charge is 2.12. The Labute approximate surface area is 136 Å². The SMILES string of the molecule is O=C(Nc1c[nH]c2ncc(-c3ccc(O)cc3)cc12)c1ccoc1. The van der Waals surface area contributed by atoms with Gasteiger partial charge in [-0.05, 0) is 29.8 Å². The summed E-state index contributed by atoms with van der Waals surface area (Å²) in [5, 5.41) is 13.0. The maximum Gasteiger partial charge on any atom is 0.258 e. The smallest absolute Gasteiger partial charge is 0.258 e. The Bertz CT molecular complexity index is 1000. The molecular weight excluding hydrogens is 306 g/mol. The van der Waals surface area contributed by atoms with Crippen LogP contribution < -0.4 is 5.32 Å². The molecule has 118 valence electrons. The van der Waals surface area contributed by atoms with Crippen molar-refractivity contribution in [2.24, 2.45) is 0 Å². The third-order valence-electron chi connectivity index (χ3n) is 3.76. The standard InChI is InChI=1S/C18H13N3O3/c22-14-3-1-11(2-4-14)13-7-15-16(9-20-17(15)19-8-13)21-18(23)12-5-6-24-10-12/h1-10,22H,(H,19,20)(H,21,23). The van der Waals surface area contributed by atoms with E-state index in [1.807, 2.05) is 18.2 Å². The number of nitrogens with zero attached hydrogens (tertiary/aromatic N) is 1. The lowest BCUT2D eigenvalue weighted by atomic mass is 10.1. The van der Waals surface area contributed by atoms with Gasteiger partial charge in [0, 0.05) is 23.3 Å². The minimum Gasteiger partial charge on any atom is -0.508 e. The summed E-state index contributed by atoms with van der Waals surface area (Å²) >= 11 is 0. The van der Waals surface area contributed by atoms with E-state index in [0.717, 1.165) is 16.5 Å². The van der Waals surface area contributed by atoms with E-state index in [1.54, 1.807) is 30.6 Å². The van der Waals surface area contributed by atoms with E-state index in [2.05, 4.69) is 15.3 Å². The minimum atomic E-state index is -0.250. The van der Waals surface area contributed by atoms with Crippen LogP contribution in [-0.4, -0.2) is 21.0 Å². The Morgan fingerprint density at radius 1 is 1.17 bits per heavy atom. The molecule has 0 fully saturated rings. The molecule has 0 bridgehead atoms. The Balaban J connectivity index is 1.71. The van der Waals surface area contributed by atoms with Gasteiger partial charge in [0.1, 0.15) is 17.7 Å². The maximum absolute atomic E-state index is 12.2. The Morgan fingerprint density at radius 2 is 2.00 bits per heavy atom. The Kier molecular flexibility index (Phi) is 3.28. The van der Waals surface area contributed by atoms with Crippen molar-refractivity contribution in [2.75, 3.05) is 5.32 Å². The summed E-state index contributed by atoms with van der Waals surface area (Å²) in [7, 11) is 0. The van der Waals surface area contributed by atoms with Gasteiger partial charge in [-0.1, -0.05) is 12.1 Å². The zero-order valence-corrected chi connectivity index (χ0v) is 12.5. The van der Waals surface area contributed by atoms with Gasteiger partial charge in [0.05, 0.1) is 17.5 Å². The van der Waals surface area contributed by atoms with Crippen molar-refractivity contribution in [1.29, 1.82) is 0 Å². The second kappa shape index (κ2) is 5.58. The number of fused-ring (bicyclic) bond motifs is 1. The summed E-state index contributed by atoms with van der Waals surface area (Å²) in [5.41, 5.74) is 3.59. The zero-order chi connectivity index (χ0) is 16.5. The van der Waals surface area contributed by atoms with E-state index in [-0.39, 0.29) is 11.7 Å². The topological polar surface area (TPSA) is 91.2 Å². The van der Waals surface area contributed by atoms with Gasteiger partial charge in [-0.2, -0.15) is 0 Å². The first kappa shape index (κ1) is 14.1. The third-order valence-corrected chi connectivity index (χ3v) is 3.76. The molecule has 1 aromatic carbocycles. The number of rotatable bonds is 3. The van der Waals surface area contributed by atoms with Gasteiger partial charge in [-0.3, -0.25) is 4.79 Å². The van der Waals surface area contributed by atoms with Gasteiger partial charge in [0.25, 0.3) is 5.91 Å². The number of benzene rings is 1. The average Bonchev–Trinajstić information content (AvgIpc) is 3.25. The third kappa shape index (κ3) is 2.50. The molecule has 0 radical (unpaired) electrons. The van der Waals surface area contributed by atoms with Crippen LogP contribution in [0, 0.1) is 0 Å². The monoisotopic (exact) mass is 319 g/mol. The zero-order valence-electron chi connectivity index (χ0n) is 12.5. The first-order valence-electron chi connectivity index (χ1n) is 7.31. The van der Waals surface area contributed by atoms with Gasteiger partial charge in [0.2, 0.25) is 0 Å². The van der Waals surface area contributed by atoms with E-state index in [9.17, 15) is 9.90 Å². The lowest BCUT2D eigenvalue weighted by molar-refractivity contribution is 0.102. The number of pyridine rings is 1. The van der Waals surface area contributed by atoms with Crippen LogP contribution in [-0.2, 0) is 0 Å². The van der Waals surface area contributed by atoms with Crippen LogP contribution in [0.1, 0.15) is 10.4 Å². The molecule has 0 saturated heterocycles. The molecule has 3 N–H and O–H groups in total. The molecule has 0 aliphatic heterocycles. The molecule has 0 aliphatic carbocycles. The van der Waals surface area contributed by atoms with E-state index in [0.29, 0.717) is 16.9 Å². The van der Waals surface area contributed by atoms with Crippen molar-refractivity contribution in [2.45, 2.75) is 0 Å². The molecule has 0 spiro atoms. The molecule has 3 heterocycles.